The van der Waals surface area contributed by atoms with Crippen molar-refractivity contribution >= 4 is 11.6 Å². The SMILES string of the molecule is COc1nn(C)cc1C(=O)Nc1ccc(Oc2ccc(-n3ccc(C)n3)nn2)cc1. The molecule has 0 radical (unpaired) electrons. The number of carbonyl (C=O) groups is 1. The number of nitrogens with zero attached hydrogens (tertiary/aromatic N) is 6. The van der Waals surface area contributed by atoms with Crippen LogP contribution in [0.4, 0.5) is 5.69 Å². The van der Waals surface area contributed by atoms with Crippen LogP contribution < -0.4 is 14.8 Å². The molecule has 0 unspecified atom stereocenters. The quantitative estimate of drug-likeness (QED) is 0.525. The maximum atomic E-state index is 12.4. The predicted molar refractivity (Wildman–Crippen MR) is 108 cm³/mol. The molecule has 0 fully saturated rings. The molecule has 0 atom stereocenters. The summed E-state index contributed by atoms with van der Waals surface area (Å²) >= 11 is 0. The third-order valence-electron chi connectivity index (χ3n) is 4.15. The number of rotatable bonds is 6. The summed E-state index contributed by atoms with van der Waals surface area (Å²) < 4.78 is 14.0. The Bertz CT molecular complexity index is 1160. The number of nitrogens with one attached hydrogen (secondary N) is 1. The number of aryl methyl sites for hydroxylation is 2. The minimum Gasteiger partial charge on any atom is -0.479 e. The third-order valence-corrected chi connectivity index (χ3v) is 4.15. The van der Waals surface area contributed by atoms with Gasteiger partial charge < -0.3 is 14.8 Å². The van der Waals surface area contributed by atoms with Gasteiger partial charge in [0.2, 0.25) is 11.8 Å². The van der Waals surface area contributed by atoms with E-state index in [0.29, 0.717) is 28.7 Å². The van der Waals surface area contributed by atoms with Gasteiger partial charge in [-0.15, -0.1) is 15.3 Å². The molecule has 0 saturated carbocycles. The van der Waals surface area contributed by atoms with Gasteiger partial charge in [-0.1, -0.05) is 0 Å². The first kappa shape index (κ1) is 19.1. The van der Waals surface area contributed by atoms with Gasteiger partial charge in [0.15, 0.2) is 5.82 Å². The minimum absolute atomic E-state index is 0.266. The van der Waals surface area contributed by atoms with Crippen LogP contribution in [0.5, 0.6) is 17.5 Å². The number of aromatic nitrogens is 6. The fourth-order valence-corrected chi connectivity index (χ4v) is 2.73. The normalized spacial score (nSPS) is 10.6. The molecule has 3 heterocycles. The molecule has 3 aromatic heterocycles. The Hall–Kier alpha value is -4.21. The standard InChI is InChI=1S/C20H19N7O3/c1-13-10-11-27(24-13)17-8-9-18(23-22-17)30-15-6-4-14(5-7-15)21-19(28)16-12-26(2)25-20(16)29-3/h4-12H,1-3H3,(H,21,28). The second kappa shape index (κ2) is 8.03. The molecule has 0 aliphatic carbocycles. The Kier molecular flexibility index (Phi) is 5.12. The van der Waals surface area contributed by atoms with E-state index in [1.54, 1.807) is 54.3 Å². The Morgan fingerprint density at radius 1 is 1.03 bits per heavy atom. The topological polar surface area (TPSA) is 109 Å². The molecule has 10 nitrogen and oxygen atoms in total. The average molecular weight is 405 g/mol. The Morgan fingerprint density at radius 3 is 2.47 bits per heavy atom. The summed E-state index contributed by atoms with van der Waals surface area (Å²) in [4.78, 5) is 12.4. The zero-order valence-corrected chi connectivity index (χ0v) is 16.6. The lowest BCUT2D eigenvalue weighted by Crippen LogP contribution is -2.12. The molecular weight excluding hydrogens is 386 g/mol. The zero-order chi connectivity index (χ0) is 21.1. The van der Waals surface area contributed by atoms with Crippen LogP contribution in [-0.2, 0) is 7.05 Å². The molecule has 1 amide bonds. The molecule has 1 N–H and O–H groups in total. The molecule has 0 spiro atoms. The zero-order valence-electron chi connectivity index (χ0n) is 16.6. The average Bonchev–Trinajstić information content (AvgIpc) is 3.35. The van der Waals surface area contributed by atoms with E-state index >= 15 is 0 Å². The van der Waals surface area contributed by atoms with E-state index in [-0.39, 0.29) is 11.8 Å². The minimum atomic E-state index is -0.316. The highest BCUT2D eigenvalue weighted by Gasteiger charge is 2.16. The number of anilines is 1. The maximum Gasteiger partial charge on any atom is 0.262 e. The summed E-state index contributed by atoms with van der Waals surface area (Å²) in [5.74, 6) is 1.45. The van der Waals surface area contributed by atoms with Crippen LogP contribution in [0.25, 0.3) is 5.82 Å². The molecule has 4 aromatic rings. The van der Waals surface area contributed by atoms with Crippen LogP contribution in [0.3, 0.4) is 0 Å². The first-order valence-electron chi connectivity index (χ1n) is 9.05. The van der Waals surface area contributed by atoms with Crippen LogP contribution in [-0.4, -0.2) is 42.8 Å². The van der Waals surface area contributed by atoms with Crippen LogP contribution in [0.15, 0.2) is 54.9 Å². The number of amides is 1. The second-order valence-corrected chi connectivity index (χ2v) is 6.44. The van der Waals surface area contributed by atoms with Crippen molar-refractivity contribution in [2.45, 2.75) is 6.92 Å². The summed E-state index contributed by atoms with van der Waals surface area (Å²) in [6, 6.07) is 12.3. The van der Waals surface area contributed by atoms with Crippen molar-refractivity contribution in [3.8, 4) is 23.3 Å². The summed E-state index contributed by atoms with van der Waals surface area (Å²) in [5, 5.41) is 19.3. The van der Waals surface area contributed by atoms with E-state index < -0.39 is 0 Å². The lowest BCUT2D eigenvalue weighted by Gasteiger charge is -2.07. The molecule has 0 aliphatic rings. The van der Waals surface area contributed by atoms with Crippen molar-refractivity contribution in [1.29, 1.82) is 0 Å². The Labute approximate surface area is 172 Å². The van der Waals surface area contributed by atoms with Gasteiger partial charge in [0, 0.05) is 31.2 Å². The summed E-state index contributed by atoms with van der Waals surface area (Å²) in [6.07, 6.45) is 3.41. The number of ether oxygens (including phenoxy) is 2. The largest absolute Gasteiger partial charge is 0.479 e. The number of hydrogen-bond donors (Lipinski definition) is 1. The van der Waals surface area contributed by atoms with E-state index in [1.807, 2.05) is 19.2 Å². The molecule has 0 bridgehead atoms. The lowest BCUT2D eigenvalue weighted by molar-refractivity contribution is 0.102. The number of hydrogen-bond acceptors (Lipinski definition) is 7. The Morgan fingerprint density at radius 2 is 1.83 bits per heavy atom. The van der Waals surface area contributed by atoms with Crippen LogP contribution in [0.2, 0.25) is 0 Å². The maximum absolute atomic E-state index is 12.4. The van der Waals surface area contributed by atoms with Crippen molar-refractivity contribution in [2.75, 3.05) is 12.4 Å². The van der Waals surface area contributed by atoms with E-state index in [0.717, 1.165) is 5.69 Å². The van der Waals surface area contributed by atoms with Crippen molar-refractivity contribution in [1.82, 2.24) is 29.8 Å². The van der Waals surface area contributed by atoms with Crippen molar-refractivity contribution in [3.05, 3.63) is 66.1 Å². The van der Waals surface area contributed by atoms with Crippen molar-refractivity contribution in [2.24, 2.45) is 7.05 Å². The first-order chi connectivity index (χ1) is 14.5. The molecular formula is C20H19N7O3. The fraction of sp³-hybridized carbons (Fsp3) is 0.150. The fourth-order valence-electron chi connectivity index (χ4n) is 2.73. The van der Waals surface area contributed by atoms with Gasteiger partial charge >= 0.3 is 0 Å². The van der Waals surface area contributed by atoms with E-state index in [2.05, 4.69) is 25.7 Å². The van der Waals surface area contributed by atoms with Gasteiger partial charge in [0.25, 0.3) is 5.91 Å². The second-order valence-electron chi connectivity index (χ2n) is 6.44. The molecule has 152 valence electrons. The summed E-state index contributed by atoms with van der Waals surface area (Å²) in [5.41, 5.74) is 1.85. The molecule has 0 saturated heterocycles. The predicted octanol–water partition coefficient (Wildman–Crippen LogP) is 2.76. The van der Waals surface area contributed by atoms with Gasteiger partial charge in [-0.2, -0.15) is 5.10 Å². The third kappa shape index (κ3) is 4.12. The van der Waals surface area contributed by atoms with Crippen molar-refractivity contribution < 1.29 is 14.3 Å². The number of carbonyl (C=O) groups excluding carboxylic acids is 1. The highest BCUT2D eigenvalue weighted by molar-refractivity contribution is 6.05. The van der Waals surface area contributed by atoms with Gasteiger partial charge in [0.05, 0.1) is 12.8 Å². The van der Waals surface area contributed by atoms with Gasteiger partial charge in [-0.3, -0.25) is 9.48 Å². The molecule has 30 heavy (non-hydrogen) atoms. The van der Waals surface area contributed by atoms with Crippen LogP contribution in [0.1, 0.15) is 16.1 Å². The van der Waals surface area contributed by atoms with Gasteiger partial charge in [0.1, 0.15) is 11.3 Å². The molecule has 0 aliphatic heterocycles. The van der Waals surface area contributed by atoms with Crippen LogP contribution in [0, 0.1) is 6.92 Å². The number of benzene rings is 1. The monoisotopic (exact) mass is 405 g/mol. The molecule has 1 aromatic carbocycles. The van der Waals surface area contributed by atoms with E-state index in [1.165, 1.54) is 11.8 Å². The number of methoxy groups -OCH3 is 1. The smallest absolute Gasteiger partial charge is 0.262 e. The van der Waals surface area contributed by atoms with E-state index in [4.69, 9.17) is 9.47 Å². The molecule has 4 rings (SSSR count). The molecule has 10 heteroatoms. The highest BCUT2D eigenvalue weighted by Crippen LogP contribution is 2.23. The van der Waals surface area contributed by atoms with Crippen LogP contribution >= 0.6 is 0 Å². The summed E-state index contributed by atoms with van der Waals surface area (Å²) in [7, 11) is 3.19. The Balaban J connectivity index is 1.40. The van der Waals surface area contributed by atoms with Gasteiger partial charge in [-0.25, -0.2) is 4.68 Å². The lowest BCUT2D eigenvalue weighted by atomic mass is 10.2. The van der Waals surface area contributed by atoms with Crippen molar-refractivity contribution in [3.63, 3.8) is 0 Å². The summed E-state index contributed by atoms with van der Waals surface area (Å²) in [6.45, 7) is 1.90. The first-order valence-corrected chi connectivity index (χ1v) is 9.05. The highest BCUT2D eigenvalue weighted by atomic mass is 16.5. The van der Waals surface area contributed by atoms with Gasteiger partial charge in [-0.05, 0) is 43.3 Å². The van der Waals surface area contributed by atoms with E-state index in [9.17, 15) is 4.79 Å².